The van der Waals surface area contributed by atoms with Gasteiger partial charge in [0.05, 0.1) is 5.92 Å². The third-order valence-corrected chi connectivity index (χ3v) is 5.16. The molecule has 0 radical (unpaired) electrons. The SMILES string of the molecule is CCCC(CC1CCCC1)C(=O)N1CCCC(C(=O)O)C1. The third kappa shape index (κ3) is 4.45. The van der Waals surface area contributed by atoms with Crippen molar-refractivity contribution in [3.63, 3.8) is 0 Å². The minimum atomic E-state index is -0.754. The van der Waals surface area contributed by atoms with Crippen molar-refractivity contribution in [3.05, 3.63) is 0 Å². The molecule has 1 saturated heterocycles. The van der Waals surface area contributed by atoms with Crippen molar-refractivity contribution in [1.82, 2.24) is 4.90 Å². The van der Waals surface area contributed by atoms with E-state index in [0.717, 1.165) is 32.2 Å². The second-order valence-corrected chi connectivity index (χ2v) is 6.83. The molecule has 4 heteroatoms. The maximum absolute atomic E-state index is 12.8. The van der Waals surface area contributed by atoms with E-state index in [9.17, 15) is 14.7 Å². The second-order valence-electron chi connectivity index (χ2n) is 6.83. The van der Waals surface area contributed by atoms with Crippen molar-refractivity contribution in [2.75, 3.05) is 13.1 Å². The molecule has 1 N–H and O–H groups in total. The molecule has 1 amide bonds. The summed E-state index contributed by atoms with van der Waals surface area (Å²) in [7, 11) is 0. The summed E-state index contributed by atoms with van der Waals surface area (Å²) >= 11 is 0. The molecule has 0 aromatic heterocycles. The highest BCUT2D eigenvalue weighted by Crippen LogP contribution is 2.33. The highest BCUT2D eigenvalue weighted by molar-refractivity contribution is 5.80. The van der Waals surface area contributed by atoms with Crippen molar-refractivity contribution < 1.29 is 14.7 Å². The molecule has 1 saturated carbocycles. The molecule has 1 heterocycles. The Morgan fingerprint density at radius 1 is 1.19 bits per heavy atom. The Morgan fingerprint density at radius 3 is 2.52 bits per heavy atom. The van der Waals surface area contributed by atoms with E-state index >= 15 is 0 Å². The number of carbonyl (C=O) groups is 2. The number of hydrogen-bond acceptors (Lipinski definition) is 2. The summed E-state index contributed by atoms with van der Waals surface area (Å²) in [6, 6.07) is 0. The minimum Gasteiger partial charge on any atom is -0.481 e. The van der Waals surface area contributed by atoms with E-state index in [-0.39, 0.29) is 17.7 Å². The van der Waals surface area contributed by atoms with Crippen LogP contribution in [-0.2, 0) is 9.59 Å². The number of piperidine rings is 1. The van der Waals surface area contributed by atoms with Gasteiger partial charge >= 0.3 is 5.97 Å². The molecule has 1 aliphatic carbocycles. The van der Waals surface area contributed by atoms with Crippen LogP contribution in [0.3, 0.4) is 0 Å². The van der Waals surface area contributed by atoms with Gasteiger partial charge in [-0.25, -0.2) is 0 Å². The summed E-state index contributed by atoms with van der Waals surface area (Å²) in [4.78, 5) is 25.8. The van der Waals surface area contributed by atoms with Gasteiger partial charge in [0.15, 0.2) is 0 Å². The monoisotopic (exact) mass is 295 g/mol. The van der Waals surface area contributed by atoms with Crippen LogP contribution in [0.15, 0.2) is 0 Å². The van der Waals surface area contributed by atoms with E-state index < -0.39 is 5.97 Å². The second kappa shape index (κ2) is 7.81. The first-order valence-corrected chi connectivity index (χ1v) is 8.63. The predicted molar refractivity (Wildman–Crippen MR) is 81.9 cm³/mol. The molecule has 21 heavy (non-hydrogen) atoms. The van der Waals surface area contributed by atoms with Crippen LogP contribution in [0.25, 0.3) is 0 Å². The summed E-state index contributed by atoms with van der Waals surface area (Å²) in [6.45, 7) is 3.29. The van der Waals surface area contributed by atoms with E-state index in [1.807, 2.05) is 4.90 Å². The van der Waals surface area contributed by atoms with E-state index in [1.54, 1.807) is 0 Å². The molecule has 0 bridgehead atoms. The van der Waals surface area contributed by atoms with Gasteiger partial charge in [-0.15, -0.1) is 0 Å². The first kappa shape index (κ1) is 16.3. The van der Waals surface area contributed by atoms with Gasteiger partial charge in [0.25, 0.3) is 0 Å². The molecule has 2 unspecified atom stereocenters. The fraction of sp³-hybridized carbons (Fsp3) is 0.882. The molecular weight excluding hydrogens is 266 g/mol. The number of hydrogen-bond donors (Lipinski definition) is 1. The number of aliphatic carboxylic acids is 1. The lowest BCUT2D eigenvalue weighted by atomic mass is 9.88. The molecular formula is C17H29NO3. The zero-order valence-electron chi connectivity index (χ0n) is 13.2. The summed E-state index contributed by atoms with van der Waals surface area (Å²) in [5.74, 6) is -0.0716. The molecule has 2 rings (SSSR count). The fourth-order valence-corrected chi connectivity index (χ4v) is 3.98. The summed E-state index contributed by atoms with van der Waals surface area (Å²) in [5.41, 5.74) is 0. The predicted octanol–water partition coefficient (Wildman–Crippen LogP) is 3.31. The van der Waals surface area contributed by atoms with Gasteiger partial charge in [0, 0.05) is 19.0 Å². The van der Waals surface area contributed by atoms with E-state index in [2.05, 4.69) is 6.92 Å². The van der Waals surface area contributed by atoms with Gasteiger partial charge < -0.3 is 10.0 Å². The lowest BCUT2D eigenvalue weighted by Gasteiger charge is -2.34. The topological polar surface area (TPSA) is 57.6 Å². The molecule has 2 aliphatic rings. The summed E-state index contributed by atoms with van der Waals surface area (Å²) < 4.78 is 0. The fourth-order valence-electron chi connectivity index (χ4n) is 3.98. The average molecular weight is 295 g/mol. The highest BCUT2D eigenvalue weighted by atomic mass is 16.4. The molecule has 120 valence electrons. The molecule has 0 spiro atoms. The zero-order valence-corrected chi connectivity index (χ0v) is 13.2. The maximum Gasteiger partial charge on any atom is 0.308 e. The van der Waals surface area contributed by atoms with Crippen LogP contribution in [0.5, 0.6) is 0 Å². The number of likely N-dealkylation sites (tertiary alicyclic amines) is 1. The van der Waals surface area contributed by atoms with Crippen molar-refractivity contribution in [1.29, 1.82) is 0 Å². The largest absolute Gasteiger partial charge is 0.481 e. The van der Waals surface area contributed by atoms with Crippen LogP contribution in [0, 0.1) is 17.8 Å². The van der Waals surface area contributed by atoms with Gasteiger partial charge in [-0.05, 0) is 31.6 Å². The van der Waals surface area contributed by atoms with Crippen LogP contribution in [0.2, 0.25) is 0 Å². The van der Waals surface area contributed by atoms with Crippen molar-refractivity contribution in [3.8, 4) is 0 Å². The number of carboxylic acid groups (broad SMARTS) is 1. The van der Waals surface area contributed by atoms with Crippen LogP contribution in [0.4, 0.5) is 0 Å². The van der Waals surface area contributed by atoms with E-state index in [1.165, 1.54) is 25.7 Å². The number of amides is 1. The van der Waals surface area contributed by atoms with Crippen LogP contribution < -0.4 is 0 Å². The normalized spacial score (nSPS) is 25.0. The Kier molecular flexibility index (Phi) is 6.07. The Balaban J connectivity index is 1.94. The standard InChI is InChI=1S/C17H29NO3/c1-2-6-14(11-13-7-3-4-8-13)16(19)18-10-5-9-15(12-18)17(20)21/h13-15H,2-12H2,1H3,(H,20,21). The summed E-state index contributed by atoms with van der Waals surface area (Å²) in [6.07, 6.45) is 9.68. The molecule has 4 nitrogen and oxygen atoms in total. The van der Waals surface area contributed by atoms with Crippen LogP contribution in [0.1, 0.15) is 64.7 Å². The quantitative estimate of drug-likeness (QED) is 0.818. The van der Waals surface area contributed by atoms with Gasteiger partial charge in [-0.1, -0.05) is 39.0 Å². The minimum absolute atomic E-state index is 0.116. The summed E-state index contributed by atoms with van der Waals surface area (Å²) in [5, 5.41) is 9.17. The smallest absolute Gasteiger partial charge is 0.308 e. The van der Waals surface area contributed by atoms with E-state index in [0.29, 0.717) is 18.9 Å². The van der Waals surface area contributed by atoms with Crippen LogP contribution >= 0.6 is 0 Å². The Labute approximate surface area is 127 Å². The Hall–Kier alpha value is -1.06. The van der Waals surface area contributed by atoms with E-state index in [4.69, 9.17) is 0 Å². The maximum atomic E-state index is 12.8. The van der Waals surface area contributed by atoms with Gasteiger partial charge in [0.2, 0.25) is 5.91 Å². The molecule has 0 aromatic rings. The lowest BCUT2D eigenvalue weighted by molar-refractivity contribution is -0.147. The number of rotatable bonds is 6. The number of carboxylic acids is 1. The van der Waals surface area contributed by atoms with Gasteiger partial charge in [-0.2, -0.15) is 0 Å². The average Bonchev–Trinajstić information content (AvgIpc) is 2.99. The van der Waals surface area contributed by atoms with Crippen molar-refractivity contribution in [2.45, 2.75) is 64.7 Å². The number of carbonyl (C=O) groups excluding carboxylic acids is 1. The van der Waals surface area contributed by atoms with Gasteiger partial charge in [0.1, 0.15) is 0 Å². The zero-order chi connectivity index (χ0) is 15.2. The third-order valence-electron chi connectivity index (χ3n) is 5.16. The first-order chi connectivity index (χ1) is 10.1. The lowest BCUT2D eigenvalue weighted by Crippen LogP contribution is -2.45. The molecule has 1 aliphatic heterocycles. The Morgan fingerprint density at radius 2 is 1.90 bits per heavy atom. The van der Waals surface area contributed by atoms with Crippen molar-refractivity contribution >= 4 is 11.9 Å². The molecule has 0 aromatic carbocycles. The first-order valence-electron chi connectivity index (χ1n) is 8.63. The number of nitrogens with zero attached hydrogens (tertiary/aromatic N) is 1. The molecule has 2 atom stereocenters. The Bertz CT molecular complexity index is 363. The highest BCUT2D eigenvalue weighted by Gasteiger charge is 2.32. The van der Waals surface area contributed by atoms with Gasteiger partial charge in [-0.3, -0.25) is 9.59 Å². The molecule has 2 fully saturated rings. The van der Waals surface area contributed by atoms with Crippen molar-refractivity contribution in [2.24, 2.45) is 17.8 Å². The van der Waals surface area contributed by atoms with Crippen LogP contribution in [-0.4, -0.2) is 35.0 Å².